The molecule has 0 bridgehead atoms. The lowest BCUT2D eigenvalue weighted by Gasteiger charge is -2.40. The Balaban J connectivity index is 1.22. The maximum atomic E-state index is 13.4. The molecule has 1 aromatic heterocycles. The van der Waals surface area contributed by atoms with Crippen LogP contribution >= 0.6 is 0 Å². The zero-order valence-corrected chi connectivity index (χ0v) is 21.3. The lowest BCUT2D eigenvalue weighted by atomic mass is 9.89. The summed E-state index contributed by atoms with van der Waals surface area (Å²) in [6.07, 6.45) is 3.04. The highest BCUT2D eigenvalue weighted by Crippen LogP contribution is 2.28. The summed E-state index contributed by atoms with van der Waals surface area (Å²) >= 11 is 0. The number of rotatable bonds is 6. The lowest BCUT2D eigenvalue weighted by Crippen LogP contribution is -2.51. The van der Waals surface area contributed by atoms with E-state index in [1.807, 2.05) is 37.0 Å². The van der Waals surface area contributed by atoms with E-state index in [1.165, 1.54) is 16.8 Å². The summed E-state index contributed by atoms with van der Waals surface area (Å²) in [5.74, 6) is 0.0225. The Morgan fingerprint density at radius 3 is 2.51 bits per heavy atom. The highest BCUT2D eigenvalue weighted by atomic mass is 16.2. The summed E-state index contributed by atoms with van der Waals surface area (Å²) in [5.41, 5.74) is 6.90. The molecule has 1 aliphatic heterocycles. The fraction of sp³-hybridized carbons (Fsp3) is 0.448. The predicted molar refractivity (Wildman–Crippen MR) is 139 cm³/mol. The number of aromatic nitrogens is 2. The van der Waals surface area contributed by atoms with Gasteiger partial charge in [0.15, 0.2) is 5.69 Å². The number of hydrogen-bond acceptors (Lipinski definition) is 4. The molecule has 1 aliphatic carbocycles. The second-order valence-electron chi connectivity index (χ2n) is 10.2. The fourth-order valence-corrected chi connectivity index (χ4v) is 5.72. The highest BCUT2D eigenvalue weighted by Gasteiger charge is 2.33. The van der Waals surface area contributed by atoms with Crippen molar-refractivity contribution in [2.24, 2.45) is 7.05 Å². The number of carbonyl (C=O) groups is 1. The number of aryl methyl sites for hydroxylation is 2. The van der Waals surface area contributed by atoms with Crippen molar-refractivity contribution in [2.45, 2.75) is 45.3 Å². The Morgan fingerprint density at radius 2 is 1.77 bits per heavy atom. The SMILES string of the molecule is Cc1cccc(CN2CCN(C3CCc4c(c(C(=O)N(C)Cc5ccccc5)nn4C)C3)CC2)c1. The lowest BCUT2D eigenvalue weighted by molar-refractivity contribution is 0.0770. The molecule has 2 aliphatic rings. The van der Waals surface area contributed by atoms with Crippen LogP contribution in [0.4, 0.5) is 0 Å². The molecule has 1 fully saturated rings. The monoisotopic (exact) mass is 471 g/mol. The van der Waals surface area contributed by atoms with Gasteiger partial charge in [0.1, 0.15) is 0 Å². The average molecular weight is 472 g/mol. The van der Waals surface area contributed by atoms with Gasteiger partial charge in [-0.15, -0.1) is 0 Å². The first-order valence-corrected chi connectivity index (χ1v) is 12.8. The van der Waals surface area contributed by atoms with Crippen molar-refractivity contribution in [2.75, 3.05) is 33.2 Å². The topological polar surface area (TPSA) is 44.6 Å². The van der Waals surface area contributed by atoms with E-state index in [-0.39, 0.29) is 5.91 Å². The van der Waals surface area contributed by atoms with E-state index in [0.717, 1.165) is 63.1 Å². The molecule has 1 unspecified atom stereocenters. The van der Waals surface area contributed by atoms with Crippen molar-refractivity contribution in [1.82, 2.24) is 24.5 Å². The smallest absolute Gasteiger partial charge is 0.274 e. The number of piperazine rings is 1. The van der Waals surface area contributed by atoms with E-state index >= 15 is 0 Å². The molecular formula is C29H37N5O. The predicted octanol–water partition coefficient (Wildman–Crippen LogP) is 3.68. The van der Waals surface area contributed by atoms with Crippen LogP contribution in [0.2, 0.25) is 0 Å². The van der Waals surface area contributed by atoms with Gasteiger partial charge in [-0.25, -0.2) is 0 Å². The van der Waals surface area contributed by atoms with Crippen molar-refractivity contribution in [3.8, 4) is 0 Å². The van der Waals surface area contributed by atoms with Crippen LogP contribution in [-0.4, -0.2) is 69.7 Å². The summed E-state index contributed by atoms with van der Waals surface area (Å²) in [6.45, 7) is 8.14. The molecule has 0 saturated carbocycles. The molecule has 2 heterocycles. The zero-order valence-electron chi connectivity index (χ0n) is 21.3. The normalized spacial score (nSPS) is 18.9. The van der Waals surface area contributed by atoms with E-state index in [9.17, 15) is 4.79 Å². The average Bonchev–Trinajstić information content (AvgIpc) is 3.20. The molecule has 6 nitrogen and oxygen atoms in total. The summed E-state index contributed by atoms with van der Waals surface area (Å²) in [6, 6.07) is 19.5. The van der Waals surface area contributed by atoms with Crippen molar-refractivity contribution >= 4 is 5.91 Å². The van der Waals surface area contributed by atoms with Gasteiger partial charge in [0, 0.05) is 70.7 Å². The van der Waals surface area contributed by atoms with Gasteiger partial charge < -0.3 is 4.90 Å². The second-order valence-corrected chi connectivity index (χ2v) is 10.2. The summed E-state index contributed by atoms with van der Waals surface area (Å²) in [5, 5.41) is 4.70. The number of carbonyl (C=O) groups excluding carboxylic acids is 1. The van der Waals surface area contributed by atoms with Gasteiger partial charge in [-0.3, -0.25) is 19.3 Å². The second kappa shape index (κ2) is 10.3. The van der Waals surface area contributed by atoms with E-state index in [1.54, 1.807) is 4.90 Å². The molecule has 1 saturated heterocycles. The number of amides is 1. The molecule has 2 aromatic carbocycles. The molecular weight excluding hydrogens is 434 g/mol. The maximum absolute atomic E-state index is 13.4. The number of fused-ring (bicyclic) bond motifs is 1. The van der Waals surface area contributed by atoms with Crippen LogP contribution in [0.3, 0.4) is 0 Å². The Hall–Kier alpha value is -2.96. The van der Waals surface area contributed by atoms with Gasteiger partial charge >= 0.3 is 0 Å². The van der Waals surface area contributed by atoms with Crippen molar-refractivity contribution < 1.29 is 4.79 Å². The Kier molecular flexibility index (Phi) is 7.02. The molecule has 35 heavy (non-hydrogen) atoms. The summed E-state index contributed by atoms with van der Waals surface area (Å²) < 4.78 is 1.94. The highest BCUT2D eigenvalue weighted by molar-refractivity contribution is 5.94. The first kappa shape index (κ1) is 23.8. The molecule has 1 atom stereocenters. The number of nitrogens with zero attached hydrogens (tertiary/aromatic N) is 5. The molecule has 184 valence electrons. The van der Waals surface area contributed by atoms with Crippen LogP contribution in [0.5, 0.6) is 0 Å². The minimum atomic E-state index is 0.0225. The number of benzene rings is 2. The molecule has 3 aromatic rings. The first-order valence-electron chi connectivity index (χ1n) is 12.8. The van der Waals surface area contributed by atoms with Crippen molar-refractivity contribution in [3.63, 3.8) is 0 Å². The van der Waals surface area contributed by atoms with Gasteiger partial charge in [-0.05, 0) is 37.3 Å². The Labute approximate surface area is 209 Å². The van der Waals surface area contributed by atoms with E-state index in [0.29, 0.717) is 18.3 Å². The molecule has 0 spiro atoms. The van der Waals surface area contributed by atoms with Crippen LogP contribution in [0.25, 0.3) is 0 Å². The van der Waals surface area contributed by atoms with E-state index in [4.69, 9.17) is 5.10 Å². The molecule has 1 amide bonds. The maximum Gasteiger partial charge on any atom is 0.274 e. The summed E-state index contributed by atoms with van der Waals surface area (Å²) in [7, 11) is 3.86. The fourth-order valence-electron chi connectivity index (χ4n) is 5.72. The van der Waals surface area contributed by atoms with Crippen LogP contribution in [0.15, 0.2) is 54.6 Å². The largest absolute Gasteiger partial charge is 0.336 e. The van der Waals surface area contributed by atoms with E-state index in [2.05, 4.69) is 53.1 Å². The van der Waals surface area contributed by atoms with Gasteiger partial charge in [0.25, 0.3) is 5.91 Å². The van der Waals surface area contributed by atoms with Crippen LogP contribution in [0.1, 0.15) is 44.9 Å². The van der Waals surface area contributed by atoms with Gasteiger partial charge in [-0.1, -0.05) is 60.2 Å². The Bertz CT molecular complexity index is 1160. The number of hydrogen-bond donors (Lipinski definition) is 0. The molecule has 6 heteroatoms. The van der Waals surface area contributed by atoms with Gasteiger partial charge in [-0.2, -0.15) is 5.10 Å². The minimum Gasteiger partial charge on any atom is -0.336 e. The zero-order chi connectivity index (χ0) is 24.4. The van der Waals surface area contributed by atoms with Gasteiger partial charge in [0.2, 0.25) is 0 Å². The molecule has 0 radical (unpaired) electrons. The first-order chi connectivity index (χ1) is 17.0. The molecule has 0 N–H and O–H groups in total. The van der Waals surface area contributed by atoms with E-state index < -0.39 is 0 Å². The third kappa shape index (κ3) is 5.34. The Morgan fingerprint density at radius 1 is 1.03 bits per heavy atom. The molecule has 5 rings (SSSR count). The standard InChI is InChI=1S/C29H37N5O/c1-22-8-7-11-24(18-22)21-33-14-16-34(17-15-33)25-12-13-27-26(19-25)28(30-32(27)3)29(35)31(2)20-23-9-5-4-6-10-23/h4-11,18,25H,12-17,19-21H2,1-3H3. The minimum absolute atomic E-state index is 0.0225. The van der Waals surface area contributed by atoms with Crippen LogP contribution in [-0.2, 0) is 33.0 Å². The quantitative estimate of drug-likeness (QED) is 0.550. The third-order valence-electron chi connectivity index (χ3n) is 7.65. The van der Waals surface area contributed by atoms with Crippen LogP contribution in [0, 0.1) is 6.92 Å². The third-order valence-corrected chi connectivity index (χ3v) is 7.65. The van der Waals surface area contributed by atoms with Crippen molar-refractivity contribution in [1.29, 1.82) is 0 Å². The van der Waals surface area contributed by atoms with Crippen LogP contribution < -0.4 is 0 Å². The van der Waals surface area contributed by atoms with Gasteiger partial charge in [0.05, 0.1) is 0 Å². The van der Waals surface area contributed by atoms with Crippen molar-refractivity contribution in [3.05, 3.63) is 88.2 Å². The summed E-state index contributed by atoms with van der Waals surface area (Å²) in [4.78, 5) is 20.4.